The lowest BCUT2D eigenvalue weighted by Gasteiger charge is -2.04. The van der Waals surface area contributed by atoms with Gasteiger partial charge < -0.3 is 10.5 Å². The number of rotatable bonds is 4. The van der Waals surface area contributed by atoms with Gasteiger partial charge in [0.15, 0.2) is 5.11 Å². The minimum absolute atomic E-state index is 0.0678. The van der Waals surface area contributed by atoms with Crippen LogP contribution in [0.4, 0.5) is 0 Å². The summed E-state index contributed by atoms with van der Waals surface area (Å²) in [7, 11) is 0. The third kappa shape index (κ3) is 4.14. The molecule has 0 aliphatic rings. The normalized spacial score (nSPS) is 10.9. The number of hydrogen-bond donors (Lipinski definition) is 2. The molecule has 0 aliphatic carbocycles. The molecule has 2 aromatic carbocycles. The van der Waals surface area contributed by atoms with E-state index in [1.165, 1.54) is 17.6 Å². The minimum atomic E-state index is -0.499. The predicted molar refractivity (Wildman–Crippen MR) is 106 cm³/mol. The molecule has 0 fully saturated rings. The largest absolute Gasteiger partial charge is 0.422 e. The summed E-state index contributed by atoms with van der Waals surface area (Å²) >= 11 is 12.3. The van der Waals surface area contributed by atoms with E-state index in [1.807, 2.05) is 24.3 Å². The molecule has 1 heterocycles. The summed E-state index contributed by atoms with van der Waals surface area (Å²) in [5.41, 5.74) is 8.47. The van der Waals surface area contributed by atoms with Crippen molar-refractivity contribution in [2.24, 2.45) is 10.8 Å². The number of carbonyl (C=O) groups is 1. The number of fused-ring (bicyclic) bond motifs is 1. The van der Waals surface area contributed by atoms with Crippen molar-refractivity contribution in [1.29, 1.82) is 0 Å². The second-order valence-corrected chi connectivity index (χ2v) is 6.81. The number of esters is 1. The highest BCUT2D eigenvalue weighted by molar-refractivity contribution is 7.80. The summed E-state index contributed by atoms with van der Waals surface area (Å²) in [5.74, 6) is -0.112. The fourth-order valence-corrected chi connectivity index (χ4v) is 3.57. The molecule has 5 nitrogen and oxygen atoms in total. The number of hydrazone groups is 1. The van der Waals surface area contributed by atoms with Gasteiger partial charge in [0.05, 0.1) is 11.2 Å². The Morgan fingerprint density at radius 2 is 2.08 bits per heavy atom. The van der Waals surface area contributed by atoms with E-state index in [0.29, 0.717) is 15.6 Å². The predicted octanol–water partition coefficient (Wildman–Crippen LogP) is 3.94. The van der Waals surface area contributed by atoms with Crippen LogP contribution in [-0.4, -0.2) is 17.3 Å². The third-order valence-corrected chi connectivity index (χ3v) is 4.92. The quantitative estimate of drug-likeness (QED) is 0.232. The lowest BCUT2D eigenvalue weighted by molar-refractivity contribution is 0.0740. The van der Waals surface area contributed by atoms with Crippen molar-refractivity contribution < 1.29 is 9.53 Å². The van der Waals surface area contributed by atoms with Crippen LogP contribution in [0.3, 0.4) is 0 Å². The Labute approximate surface area is 158 Å². The molecular weight excluding hydrogens is 378 g/mol. The van der Waals surface area contributed by atoms with Gasteiger partial charge in [-0.25, -0.2) is 4.79 Å². The van der Waals surface area contributed by atoms with Crippen LogP contribution in [0, 0.1) is 0 Å². The van der Waals surface area contributed by atoms with Crippen molar-refractivity contribution in [2.45, 2.75) is 0 Å². The van der Waals surface area contributed by atoms with E-state index in [2.05, 4.69) is 22.7 Å². The monoisotopic (exact) mass is 389 g/mol. The third-order valence-electron chi connectivity index (χ3n) is 3.18. The van der Waals surface area contributed by atoms with E-state index in [9.17, 15) is 4.79 Å². The highest BCUT2D eigenvalue weighted by Crippen LogP contribution is 2.35. The molecule has 0 saturated heterocycles. The van der Waals surface area contributed by atoms with Gasteiger partial charge in [-0.15, -0.1) is 11.3 Å². The second kappa shape index (κ2) is 7.60. The van der Waals surface area contributed by atoms with Crippen LogP contribution in [0.2, 0.25) is 5.02 Å². The molecule has 0 unspecified atom stereocenters. The molecule has 25 heavy (non-hydrogen) atoms. The summed E-state index contributed by atoms with van der Waals surface area (Å²) in [6, 6.07) is 14.5. The number of hydrogen-bond acceptors (Lipinski definition) is 5. The number of nitrogens with zero attached hydrogens (tertiary/aromatic N) is 1. The average Bonchev–Trinajstić information content (AvgIpc) is 2.92. The number of benzene rings is 2. The van der Waals surface area contributed by atoms with Gasteiger partial charge in [0.25, 0.3) is 0 Å². The number of halogens is 1. The fourth-order valence-electron chi connectivity index (χ4n) is 2.13. The first-order valence-electron chi connectivity index (χ1n) is 7.12. The summed E-state index contributed by atoms with van der Waals surface area (Å²) in [5, 5.41) is 5.17. The lowest BCUT2D eigenvalue weighted by atomic mass is 10.2. The van der Waals surface area contributed by atoms with Crippen molar-refractivity contribution in [3.8, 4) is 5.75 Å². The molecule has 3 N–H and O–H groups in total. The molecule has 3 aromatic rings. The fraction of sp³-hybridized carbons (Fsp3) is 0. The van der Waals surface area contributed by atoms with Crippen molar-refractivity contribution >= 4 is 62.5 Å². The first kappa shape index (κ1) is 17.3. The standard InChI is InChI=1S/C17H12ClN3O2S2/c18-14-12-6-1-2-7-13(12)25-15(14)16(22)23-11-5-3-4-10(8-11)9-20-21-17(19)24/h1-9H,(H3,19,21,24)/b20-9+. The van der Waals surface area contributed by atoms with Gasteiger partial charge in [-0.05, 0) is 36.0 Å². The number of carbonyl (C=O) groups excluding carboxylic acids is 1. The molecule has 0 spiro atoms. The lowest BCUT2D eigenvalue weighted by Crippen LogP contribution is -2.23. The Morgan fingerprint density at radius 3 is 2.84 bits per heavy atom. The highest BCUT2D eigenvalue weighted by Gasteiger charge is 2.18. The Morgan fingerprint density at radius 1 is 1.28 bits per heavy atom. The maximum absolute atomic E-state index is 12.4. The maximum atomic E-state index is 12.4. The molecule has 0 bridgehead atoms. The first-order chi connectivity index (χ1) is 12.0. The van der Waals surface area contributed by atoms with Gasteiger partial charge >= 0.3 is 5.97 Å². The van der Waals surface area contributed by atoms with Gasteiger partial charge in [-0.1, -0.05) is 41.9 Å². The number of ether oxygens (including phenoxy) is 1. The van der Waals surface area contributed by atoms with E-state index in [-0.39, 0.29) is 5.11 Å². The molecule has 0 saturated carbocycles. The van der Waals surface area contributed by atoms with E-state index < -0.39 is 5.97 Å². The first-order valence-corrected chi connectivity index (χ1v) is 8.72. The van der Waals surface area contributed by atoms with E-state index in [1.54, 1.807) is 24.3 Å². The van der Waals surface area contributed by atoms with Gasteiger partial charge in [-0.3, -0.25) is 5.43 Å². The SMILES string of the molecule is NC(=S)N/N=C/c1cccc(OC(=O)c2sc3ccccc3c2Cl)c1. The Balaban J connectivity index is 1.79. The van der Waals surface area contributed by atoms with Crippen molar-refractivity contribution in [3.05, 3.63) is 64.0 Å². The zero-order valence-electron chi connectivity index (χ0n) is 12.7. The topological polar surface area (TPSA) is 76.7 Å². The van der Waals surface area contributed by atoms with Crippen LogP contribution < -0.4 is 15.9 Å². The molecule has 3 rings (SSSR count). The van der Waals surface area contributed by atoms with Crippen molar-refractivity contribution in [3.63, 3.8) is 0 Å². The summed E-state index contributed by atoms with van der Waals surface area (Å²) in [6.07, 6.45) is 1.52. The molecule has 8 heteroatoms. The molecular formula is C17H12ClN3O2S2. The number of nitrogens with two attached hydrogens (primary N) is 1. The van der Waals surface area contributed by atoms with Crippen LogP contribution in [-0.2, 0) is 0 Å². The second-order valence-electron chi connectivity index (χ2n) is 4.94. The average molecular weight is 390 g/mol. The summed E-state index contributed by atoms with van der Waals surface area (Å²) < 4.78 is 6.37. The van der Waals surface area contributed by atoms with Crippen LogP contribution in [0.15, 0.2) is 53.6 Å². The molecule has 126 valence electrons. The summed E-state index contributed by atoms with van der Waals surface area (Å²) in [4.78, 5) is 12.8. The zero-order valence-corrected chi connectivity index (χ0v) is 15.1. The van der Waals surface area contributed by atoms with Crippen LogP contribution in [0.1, 0.15) is 15.2 Å². The van der Waals surface area contributed by atoms with Crippen molar-refractivity contribution in [2.75, 3.05) is 0 Å². The van der Waals surface area contributed by atoms with E-state index in [0.717, 1.165) is 15.6 Å². The van der Waals surface area contributed by atoms with Crippen LogP contribution >= 0.6 is 35.2 Å². The minimum Gasteiger partial charge on any atom is -0.422 e. The van der Waals surface area contributed by atoms with Gasteiger partial charge in [0.1, 0.15) is 10.6 Å². The molecule has 1 aromatic heterocycles. The number of nitrogens with one attached hydrogen (secondary N) is 1. The Bertz CT molecular complexity index is 985. The number of thiocarbonyl (C=S) groups is 1. The highest BCUT2D eigenvalue weighted by atomic mass is 35.5. The van der Waals surface area contributed by atoms with Gasteiger partial charge in [0.2, 0.25) is 0 Å². The maximum Gasteiger partial charge on any atom is 0.355 e. The van der Waals surface area contributed by atoms with Crippen LogP contribution in [0.5, 0.6) is 5.75 Å². The van der Waals surface area contributed by atoms with Gasteiger partial charge in [0, 0.05) is 10.1 Å². The van der Waals surface area contributed by atoms with Crippen molar-refractivity contribution in [1.82, 2.24) is 5.43 Å². The van der Waals surface area contributed by atoms with E-state index in [4.69, 9.17) is 22.1 Å². The molecule has 0 atom stereocenters. The molecule has 0 amide bonds. The smallest absolute Gasteiger partial charge is 0.355 e. The Kier molecular flexibility index (Phi) is 5.28. The molecule has 0 aliphatic heterocycles. The van der Waals surface area contributed by atoms with Crippen LogP contribution in [0.25, 0.3) is 10.1 Å². The summed E-state index contributed by atoms with van der Waals surface area (Å²) in [6.45, 7) is 0. The van der Waals surface area contributed by atoms with Gasteiger partial charge in [-0.2, -0.15) is 5.10 Å². The van der Waals surface area contributed by atoms with E-state index >= 15 is 0 Å². The molecule has 0 radical (unpaired) electrons. The number of thiophene rings is 1. The Hall–Kier alpha value is -2.48. The zero-order chi connectivity index (χ0) is 17.8.